The van der Waals surface area contributed by atoms with Crippen molar-refractivity contribution in [3.05, 3.63) is 16.1 Å². The molecule has 1 aromatic heterocycles. The first-order valence-corrected chi connectivity index (χ1v) is 8.18. The summed E-state index contributed by atoms with van der Waals surface area (Å²) in [5.41, 5.74) is 5.16. The zero-order valence-electron chi connectivity index (χ0n) is 12.4. The van der Waals surface area contributed by atoms with Gasteiger partial charge in [-0.1, -0.05) is 38.9 Å². The first-order valence-electron chi connectivity index (χ1n) is 6.95. The van der Waals surface area contributed by atoms with Crippen LogP contribution in [-0.2, 0) is 11.3 Å². The third kappa shape index (κ3) is 3.99. The predicted molar refractivity (Wildman–Crippen MR) is 87.7 cm³/mol. The van der Waals surface area contributed by atoms with Gasteiger partial charge in [-0.25, -0.2) is 4.98 Å². The standard InChI is InChI=1S/C14H23N3OS2/c1-4-6-14(7-5-2,12(15)19)13(18)17-9-11-16-8-10(3)20-11/h8H,4-7,9H2,1-3H3,(H2,15,19)(H,17,18). The number of thiocarbonyl (C=S) groups is 1. The molecule has 0 fully saturated rings. The smallest absolute Gasteiger partial charge is 0.233 e. The van der Waals surface area contributed by atoms with Crippen LogP contribution in [-0.4, -0.2) is 15.9 Å². The molecule has 0 aromatic carbocycles. The number of aromatic nitrogens is 1. The Morgan fingerprint density at radius 3 is 2.45 bits per heavy atom. The van der Waals surface area contributed by atoms with E-state index in [1.165, 1.54) is 0 Å². The summed E-state index contributed by atoms with van der Waals surface area (Å²) in [6.07, 6.45) is 4.95. The lowest BCUT2D eigenvalue weighted by Gasteiger charge is -2.30. The number of nitrogens with two attached hydrogens (primary N) is 1. The molecule has 1 amide bonds. The lowest BCUT2D eigenvalue weighted by molar-refractivity contribution is -0.128. The van der Waals surface area contributed by atoms with E-state index in [1.807, 2.05) is 27.0 Å². The van der Waals surface area contributed by atoms with Crippen molar-refractivity contribution in [2.24, 2.45) is 11.1 Å². The van der Waals surface area contributed by atoms with E-state index < -0.39 is 5.41 Å². The molecule has 0 bridgehead atoms. The van der Waals surface area contributed by atoms with Gasteiger partial charge < -0.3 is 11.1 Å². The SMILES string of the molecule is CCCC(CCC)(C(=O)NCc1ncc(C)s1)C(N)=S. The van der Waals surface area contributed by atoms with E-state index in [-0.39, 0.29) is 5.91 Å². The monoisotopic (exact) mass is 313 g/mol. The van der Waals surface area contributed by atoms with Gasteiger partial charge in [0, 0.05) is 11.1 Å². The summed E-state index contributed by atoms with van der Waals surface area (Å²) in [5, 5.41) is 3.85. The molecular formula is C14H23N3OS2. The number of nitrogens with zero attached hydrogens (tertiary/aromatic N) is 1. The van der Waals surface area contributed by atoms with Crippen molar-refractivity contribution < 1.29 is 4.79 Å². The number of hydrogen-bond donors (Lipinski definition) is 2. The van der Waals surface area contributed by atoms with E-state index in [1.54, 1.807) is 11.3 Å². The second kappa shape index (κ2) is 7.69. The van der Waals surface area contributed by atoms with Gasteiger partial charge in [-0.3, -0.25) is 4.79 Å². The van der Waals surface area contributed by atoms with Gasteiger partial charge in [0.05, 0.1) is 16.9 Å². The van der Waals surface area contributed by atoms with Gasteiger partial charge in [0.15, 0.2) is 0 Å². The third-order valence-electron chi connectivity index (χ3n) is 3.33. The van der Waals surface area contributed by atoms with E-state index in [4.69, 9.17) is 18.0 Å². The summed E-state index contributed by atoms with van der Waals surface area (Å²) in [6, 6.07) is 0. The highest BCUT2D eigenvalue weighted by molar-refractivity contribution is 7.80. The van der Waals surface area contributed by atoms with Crippen LogP contribution in [0.1, 0.15) is 49.4 Å². The summed E-state index contributed by atoms with van der Waals surface area (Å²) in [4.78, 5) is 18.2. The normalized spacial score (nSPS) is 11.3. The maximum Gasteiger partial charge on any atom is 0.233 e. The molecule has 112 valence electrons. The predicted octanol–water partition coefficient (Wildman–Crippen LogP) is 2.94. The summed E-state index contributed by atoms with van der Waals surface area (Å²) >= 11 is 6.76. The number of nitrogens with one attached hydrogen (secondary N) is 1. The molecule has 3 N–H and O–H groups in total. The van der Waals surface area contributed by atoms with Crippen LogP contribution in [0.4, 0.5) is 0 Å². The van der Waals surface area contributed by atoms with Crippen molar-refractivity contribution in [3.8, 4) is 0 Å². The van der Waals surface area contributed by atoms with Gasteiger partial charge in [-0.2, -0.15) is 0 Å². The minimum Gasteiger partial charge on any atom is -0.392 e. The highest BCUT2D eigenvalue weighted by atomic mass is 32.1. The second-order valence-corrected chi connectivity index (χ2v) is 6.75. The molecule has 1 aromatic rings. The van der Waals surface area contributed by atoms with Crippen molar-refractivity contribution in [1.82, 2.24) is 10.3 Å². The molecular weight excluding hydrogens is 290 g/mol. The molecule has 0 atom stereocenters. The van der Waals surface area contributed by atoms with Crippen LogP contribution in [0.25, 0.3) is 0 Å². The van der Waals surface area contributed by atoms with Crippen LogP contribution in [0.5, 0.6) is 0 Å². The fraction of sp³-hybridized carbons (Fsp3) is 0.643. The molecule has 0 unspecified atom stereocenters. The lowest BCUT2D eigenvalue weighted by Crippen LogP contribution is -2.48. The maximum absolute atomic E-state index is 12.6. The summed E-state index contributed by atoms with van der Waals surface area (Å²) in [5.74, 6) is -0.0680. The molecule has 0 radical (unpaired) electrons. The van der Waals surface area contributed by atoms with E-state index in [0.717, 1.165) is 22.7 Å². The maximum atomic E-state index is 12.6. The van der Waals surface area contributed by atoms with Crippen molar-refractivity contribution in [2.45, 2.75) is 53.0 Å². The fourth-order valence-electron chi connectivity index (χ4n) is 2.37. The molecule has 0 saturated heterocycles. The first-order chi connectivity index (χ1) is 9.46. The number of rotatable bonds is 8. The number of hydrogen-bond acceptors (Lipinski definition) is 4. The molecule has 0 spiro atoms. The Morgan fingerprint density at radius 1 is 1.45 bits per heavy atom. The Hall–Kier alpha value is -1.01. The Bertz CT molecular complexity index is 465. The summed E-state index contributed by atoms with van der Waals surface area (Å²) in [7, 11) is 0. The second-order valence-electron chi connectivity index (χ2n) is 4.99. The number of carbonyl (C=O) groups is 1. The molecule has 6 heteroatoms. The van der Waals surface area contributed by atoms with Gasteiger partial charge in [0.1, 0.15) is 5.01 Å². The molecule has 1 rings (SSSR count). The highest BCUT2D eigenvalue weighted by Crippen LogP contribution is 2.31. The lowest BCUT2D eigenvalue weighted by atomic mass is 9.78. The number of carbonyl (C=O) groups excluding carboxylic acids is 1. The Labute approximate surface area is 130 Å². The van der Waals surface area contributed by atoms with E-state index in [2.05, 4.69) is 10.3 Å². The molecule has 0 saturated carbocycles. The number of amides is 1. The van der Waals surface area contributed by atoms with E-state index in [0.29, 0.717) is 24.4 Å². The molecule has 0 aliphatic heterocycles. The van der Waals surface area contributed by atoms with Gasteiger partial charge in [-0.05, 0) is 19.8 Å². The van der Waals surface area contributed by atoms with Crippen molar-refractivity contribution in [1.29, 1.82) is 0 Å². The van der Waals surface area contributed by atoms with Crippen molar-refractivity contribution in [2.75, 3.05) is 0 Å². The third-order valence-corrected chi connectivity index (χ3v) is 4.63. The van der Waals surface area contributed by atoms with Crippen LogP contribution in [0.2, 0.25) is 0 Å². The minimum absolute atomic E-state index is 0.0680. The van der Waals surface area contributed by atoms with Gasteiger partial charge in [0.2, 0.25) is 5.91 Å². The average Bonchev–Trinajstić information content (AvgIpc) is 2.81. The topological polar surface area (TPSA) is 68.0 Å². The molecule has 0 aliphatic rings. The zero-order chi connectivity index (χ0) is 15.2. The molecule has 0 aliphatic carbocycles. The Balaban J connectivity index is 2.79. The number of aryl methyl sites for hydroxylation is 1. The van der Waals surface area contributed by atoms with Crippen LogP contribution < -0.4 is 11.1 Å². The zero-order valence-corrected chi connectivity index (χ0v) is 14.0. The van der Waals surface area contributed by atoms with Crippen molar-refractivity contribution in [3.63, 3.8) is 0 Å². The van der Waals surface area contributed by atoms with Crippen molar-refractivity contribution >= 4 is 34.5 Å². The Kier molecular flexibility index (Phi) is 6.55. The van der Waals surface area contributed by atoms with E-state index >= 15 is 0 Å². The van der Waals surface area contributed by atoms with Crippen LogP contribution in [0, 0.1) is 12.3 Å². The molecule has 20 heavy (non-hydrogen) atoms. The molecule has 4 nitrogen and oxygen atoms in total. The average molecular weight is 313 g/mol. The van der Waals surface area contributed by atoms with Crippen LogP contribution in [0.3, 0.4) is 0 Å². The van der Waals surface area contributed by atoms with E-state index in [9.17, 15) is 4.79 Å². The van der Waals surface area contributed by atoms with Gasteiger partial charge in [-0.15, -0.1) is 11.3 Å². The number of thiazole rings is 1. The highest BCUT2D eigenvalue weighted by Gasteiger charge is 2.39. The van der Waals surface area contributed by atoms with Gasteiger partial charge >= 0.3 is 0 Å². The minimum atomic E-state index is -0.717. The van der Waals surface area contributed by atoms with Crippen LogP contribution >= 0.6 is 23.6 Å². The fourth-order valence-corrected chi connectivity index (χ4v) is 3.40. The Morgan fingerprint density at radius 2 is 2.05 bits per heavy atom. The quantitative estimate of drug-likeness (QED) is 0.724. The van der Waals surface area contributed by atoms with Gasteiger partial charge in [0.25, 0.3) is 0 Å². The van der Waals surface area contributed by atoms with Crippen LogP contribution in [0.15, 0.2) is 6.20 Å². The molecule has 1 heterocycles. The largest absolute Gasteiger partial charge is 0.392 e. The first kappa shape index (κ1) is 17.0. The summed E-state index contributed by atoms with van der Waals surface area (Å²) < 4.78 is 0. The summed E-state index contributed by atoms with van der Waals surface area (Å²) in [6.45, 7) is 6.52.